The smallest absolute Gasteiger partial charge is 0.273 e. The Kier molecular flexibility index (Phi) is 4.05. The number of carbonyl (C=O) groups is 1. The molecule has 0 radical (unpaired) electrons. The number of rotatable bonds is 3. The highest BCUT2D eigenvalue weighted by molar-refractivity contribution is 5.86. The highest BCUT2D eigenvalue weighted by Gasteiger charge is 2.51. The molecule has 5 nitrogen and oxygen atoms in total. The lowest BCUT2D eigenvalue weighted by molar-refractivity contribution is -0.141. The van der Waals surface area contributed by atoms with Crippen LogP contribution in [0.5, 0.6) is 0 Å². The van der Waals surface area contributed by atoms with Crippen molar-refractivity contribution in [3.63, 3.8) is 0 Å². The Morgan fingerprint density at radius 2 is 1.62 bits per heavy atom. The Bertz CT molecular complexity index is 1010. The van der Waals surface area contributed by atoms with Crippen molar-refractivity contribution in [1.29, 1.82) is 0 Å². The molecule has 4 bridgehead atoms. The van der Waals surface area contributed by atoms with Crippen LogP contribution in [-0.2, 0) is 11.0 Å². The molecule has 1 N–H and O–H groups in total. The van der Waals surface area contributed by atoms with Crippen LogP contribution < -0.4 is 11.0 Å². The number of hydrogen-bond donors (Lipinski definition) is 1. The Labute approximate surface area is 165 Å². The van der Waals surface area contributed by atoms with Gasteiger partial charge < -0.3 is 0 Å². The van der Waals surface area contributed by atoms with Crippen molar-refractivity contribution < 1.29 is 18.0 Å². The van der Waals surface area contributed by atoms with Crippen LogP contribution in [0.1, 0.15) is 50.6 Å². The summed E-state index contributed by atoms with van der Waals surface area (Å²) in [6.07, 6.45) is 2.21. The predicted molar refractivity (Wildman–Crippen MR) is 101 cm³/mol. The number of amides is 1. The van der Waals surface area contributed by atoms with Gasteiger partial charge in [-0.15, -0.1) is 9.89 Å². The Hall–Kier alpha value is -2.38. The highest BCUT2D eigenvalue weighted by Crippen LogP contribution is 2.61. The Morgan fingerprint density at radius 3 is 2.17 bits per heavy atom. The first kappa shape index (κ1) is 18.6. The van der Waals surface area contributed by atoms with Crippen molar-refractivity contribution in [3.8, 4) is 0 Å². The summed E-state index contributed by atoms with van der Waals surface area (Å²) < 4.78 is 40.4. The highest BCUT2D eigenvalue weighted by atomic mass is 19.4. The minimum absolute atomic E-state index is 0.0772. The maximum atomic E-state index is 13.5. The number of nitrogens with one attached hydrogen (secondary N) is 1. The van der Waals surface area contributed by atoms with E-state index in [0.29, 0.717) is 22.5 Å². The summed E-state index contributed by atoms with van der Waals surface area (Å²) in [5.41, 5.74) is 0.332. The third-order valence-corrected chi connectivity index (χ3v) is 7.00. The molecule has 0 saturated heterocycles. The molecule has 0 unspecified atom stereocenters. The van der Waals surface area contributed by atoms with Crippen molar-refractivity contribution in [3.05, 3.63) is 40.3 Å². The van der Waals surface area contributed by atoms with Crippen molar-refractivity contribution >= 4 is 16.7 Å². The second-order valence-electron chi connectivity index (χ2n) is 9.24. The predicted octanol–water partition coefficient (Wildman–Crippen LogP) is 4.09. The van der Waals surface area contributed by atoms with Gasteiger partial charge in [0, 0.05) is 11.8 Å². The summed E-state index contributed by atoms with van der Waals surface area (Å²) in [6.45, 7) is 0. The van der Waals surface area contributed by atoms with Gasteiger partial charge in [-0.2, -0.15) is 13.2 Å². The zero-order valence-corrected chi connectivity index (χ0v) is 15.8. The molecular weight excluding hydrogens is 383 g/mol. The number of alkyl halides is 3. The van der Waals surface area contributed by atoms with Crippen molar-refractivity contribution in [2.45, 2.75) is 51.1 Å². The number of halogens is 3. The van der Waals surface area contributed by atoms with Crippen LogP contribution in [0.3, 0.4) is 0 Å². The number of carbonyl (C=O) groups excluding carboxylic acids is 1. The van der Waals surface area contributed by atoms with Crippen molar-refractivity contribution in [2.75, 3.05) is 5.43 Å². The molecular formula is C21H22F3N3O2. The fourth-order valence-electron chi connectivity index (χ4n) is 6.48. The third-order valence-electron chi connectivity index (χ3n) is 7.00. The molecule has 1 aromatic heterocycles. The molecule has 0 spiro atoms. The van der Waals surface area contributed by atoms with Crippen LogP contribution in [0.25, 0.3) is 10.8 Å². The number of hydrogen-bond acceptors (Lipinski definition) is 3. The molecule has 1 heterocycles. The lowest BCUT2D eigenvalue weighted by Crippen LogP contribution is -2.48. The van der Waals surface area contributed by atoms with Crippen LogP contribution in [0.4, 0.5) is 13.2 Å². The van der Waals surface area contributed by atoms with Crippen molar-refractivity contribution in [1.82, 2.24) is 9.89 Å². The number of aromatic nitrogens is 2. The van der Waals surface area contributed by atoms with Gasteiger partial charge in [-0.25, -0.2) is 5.43 Å². The lowest BCUT2D eigenvalue weighted by atomic mass is 9.49. The van der Waals surface area contributed by atoms with E-state index in [1.807, 2.05) is 0 Å². The van der Waals surface area contributed by atoms with Crippen LogP contribution in [0, 0.1) is 23.2 Å². The van der Waals surface area contributed by atoms with Crippen LogP contribution in [-0.4, -0.2) is 15.8 Å². The van der Waals surface area contributed by atoms with E-state index in [1.54, 1.807) is 0 Å². The summed E-state index contributed by atoms with van der Waals surface area (Å²) >= 11 is 0. The third kappa shape index (κ3) is 3.22. The average Bonchev–Trinajstić information content (AvgIpc) is 2.61. The van der Waals surface area contributed by atoms with Gasteiger partial charge in [0.15, 0.2) is 5.69 Å². The van der Waals surface area contributed by atoms with Gasteiger partial charge in [0.25, 0.3) is 5.56 Å². The van der Waals surface area contributed by atoms with E-state index in [0.717, 1.165) is 19.3 Å². The SMILES string of the molecule is O=C(CC12CC3CC(CC(C3)C1)C2)Nn1nc(C(F)(F)F)c2ccccc2c1=O. The van der Waals surface area contributed by atoms with Crippen LogP contribution >= 0.6 is 0 Å². The van der Waals surface area contributed by atoms with Gasteiger partial charge in [0.1, 0.15) is 0 Å². The maximum Gasteiger partial charge on any atom is 0.435 e. The standard InChI is InChI=1S/C21H22F3N3O2/c22-21(23,24)18-15-3-1-2-4-16(15)19(29)27(26-18)25-17(28)11-20-8-12-5-13(9-20)7-14(6-12)10-20/h1-4,12-14H,5-11H2,(H,25,28). The summed E-state index contributed by atoms with van der Waals surface area (Å²) in [6, 6.07) is 5.45. The quantitative estimate of drug-likeness (QED) is 0.837. The first-order valence-electron chi connectivity index (χ1n) is 10.1. The minimum atomic E-state index is -4.74. The molecule has 4 fully saturated rings. The molecule has 0 aliphatic heterocycles. The van der Waals surface area contributed by atoms with E-state index in [1.165, 1.54) is 43.5 Å². The van der Waals surface area contributed by atoms with E-state index < -0.39 is 23.3 Å². The number of nitrogens with zero attached hydrogens (tertiary/aromatic N) is 2. The van der Waals surface area contributed by atoms with Gasteiger partial charge in [-0.1, -0.05) is 18.2 Å². The molecule has 29 heavy (non-hydrogen) atoms. The molecule has 154 valence electrons. The molecule has 4 saturated carbocycles. The second kappa shape index (κ2) is 6.31. The van der Waals surface area contributed by atoms with Gasteiger partial charge in [-0.3, -0.25) is 9.59 Å². The molecule has 4 aliphatic rings. The second-order valence-corrected chi connectivity index (χ2v) is 9.24. The molecule has 1 amide bonds. The largest absolute Gasteiger partial charge is 0.435 e. The fourth-order valence-corrected chi connectivity index (χ4v) is 6.48. The van der Waals surface area contributed by atoms with Crippen LogP contribution in [0.15, 0.2) is 29.1 Å². The number of benzene rings is 1. The van der Waals surface area contributed by atoms with E-state index in [2.05, 4.69) is 10.5 Å². The summed E-state index contributed by atoms with van der Waals surface area (Å²) in [5, 5.41) is 3.07. The zero-order valence-electron chi connectivity index (χ0n) is 15.8. The Morgan fingerprint density at radius 1 is 1.07 bits per heavy atom. The normalized spacial score (nSPS) is 30.7. The lowest BCUT2D eigenvalue weighted by Gasteiger charge is -2.56. The number of fused-ring (bicyclic) bond motifs is 1. The van der Waals surface area contributed by atoms with E-state index in [4.69, 9.17) is 0 Å². The summed E-state index contributed by atoms with van der Waals surface area (Å²) in [5.74, 6) is 1.54. The molecule has 8 heteroatoms. The maximum absolute atomic E-state index is 13.5. The zero-order chi connectivity index (χ0) is 20.4. The van der Waals surface area contributed by atoms with E-state index >= 15 is 0 Å². The first-order valence-corrected chi connectivity index (χ1v) is 10.1. The minimum Gasteiger partial charge on any atom is -0.273 e. The Balaban J connectivity index is 1.44. The average molecular weight is 405 g/mol. The monoisotopic (exact) mass is 405 g/mol. The fraction of sp³-hybridized carbons (Fsp3) is 0.571. The van der Waals surface area contributed by atoms with Crippen molar-refractivity contribution in [2.24, 2.45) is 23.2 Å². The topological polar surface area (TPSA) is 64.0 Å². The van der Waals surface area contributed by atoms with Gasteiger partial charge in [0.05, 0.1) is 5.39 Å². The van der Waals surface area contributed by atoms with Gasteiger partial charge >= 0.3 is 6.18 Å². The first-order chi connectivity index (χ1) is 13.7. The summed E-state index contributed by atoms with van der Waals surface area (Å²) in [4.78, 5) is 25.8. The van der Waals surface area contributed by atoms with Gasteiger partial charge in [-0.05, 0) is 67.8 Å². The van der Waals surface area contributed by atoms with E-state index in [9.17, 15) is 22.8 Å². The van der Waals surface area contributed by atoms with Gasteiger partial charge in [0.2, 0.25) is 5.91 Å². The molecule has 4 aliphatic carbocycles. The molecule has 6 rings (SSSR count). The molecule has 0 atom stereocenters. The molecule has 1 aromatic carbocycles. The molecule has 2 aromatic rings. The van der Waals surface area contributed by atoms with E-state index in [-0.39, 0.29) is 22.6 Å². The van der Waals surface area contributed by atoms with Crippen LogP contribution in [0.2, 0.25) is 0 Å². The summed E-state index contributed by atoms with van der Waals surface area (Å²) in [7, 11) is 0.